The average Bonchev–Trinajstić information content (AvgIpc) is 2.90. The number of benzene rings is 1. The number of carbonyl (C=O) groups excluding carboxylic acids is 2. The van der Waals surface area contributed by atoms with Gasteiger partial charge in [-0.3, -0.25) is 9.59 Å². The number of hydrogen-bond donors (Lipinski definition) is 0. The minimum atomic E-state index is -4.45. The van der Waals surface area contributed by atoms with Crippen molar-refractivity contribution in [3.05, 3.63) is 75.5 Å². The summed E-state index contributed by atoms with van der Waals surface area (Å²) in [6.45, 7) is 1.44. The van der Waals surface area contributed by atoms with Crippen LogP contribution in [0.25, 0.3) is 5.52 Å². The van der Waals surface area contributed by atoms with E-state index in [1.807, 2.05) is 0 Å². The molecule has 0 aliphatic carbocycles. The molecule has 3 rings (SSSR count). The normalized spacial score (nSPS) is 11.7. The van der Waals surface area contributed by atoms with Crippen LogP contribution < -0.4 is 0 Å². The quantitative estimate of drug-likeness (QED) is 0.560. The van der Waals surface area contributed by atoms with E-state index in [9.17, 15) is 22.8 Å². The van der Waals surface area contributed by atoms with Crippen molar-refractivity contribution in [1.82, 2.24) is 4.40 Å². The second-order valence-corrected chi connectivity index (χ2v) is 6.36. The number of Topliss-reactive ketones (excluding diaryl/α,β-unsaturated/α-hetero) is 1. The summed E-state index contributed by atoms with van der Waals surface area (Å²) in [7, 11) is 0. The van der Waals surface area contributed by atoms with Gasteiger partial charge in [0, 0.05) is 21.8 Å². The fourth-order valence-corrected chi connectivity index (χ4v) is 3.03. The van der Waals surface area contributed by atoms with Gasteiger partial charge >= 0.3 is 6.18 Å². The first-order valence-electron chi connectivity index (χ1n) is 7.22. The monoisotopic (exact) mass is 409 g/mol. The molecule has 3 nitrogen and oxygen atoms in total. The molecule has 0 fully saturated rings. The van der Waals surface area contributed by atoms with Gasteiger partial charge in [-0.25, -0.2) is 0 Å². The Balaban J connectivity index is 2.04. The lowest BCUT2D eigenvalue weighted by Crippen LogP contribution is -2.08. The molecule has 1 aromatic carbocycles. The van der Waals surface area contributed by atoms with E-state index in [-0.39, 0.29) is 17.0 Å². The molecule has 0 atom stereocenters. The van der Waals surface area contributed by atoms with E-state index in [1.165, 1.54) is 6.92 Å². The van der Waals surface area contributed by atoms with Crippen molar-refractivity contribution in [2.75, 3.05) is 0 Å². The second-order valence-electron chi connectivity index (χ2n) is 5.51. The predicted octanol–water partition coefficient (Wildman–Crippen LogP) is 5.15. The van der Waals surface area contributed by atoms with Crippen molar-refractivity contribution in [2.45, 2.75) is 13.1 Å². The Hall–Kier alpha value is -2.41. The van der Waals surface area contributed by atoms with E-state index in [0.29, 0.717) is 15.6 Å². The zero-order chi connectivity index (χ0) is 18.4. The third-order valence-corrected chi connectivity index (χ3v) is 4.47. The van der Waals surface area contributed by atoms with Crippen molar-refractivity contribution >= 4 is 33.0 Å². The molecule has 2 heterocycles. The van der Waals surface area contributed by atoms with Gasteiger partial charge in [-0.05, 0) is 53.2 Å². The van der Waals surface area contributed by atoms with E-state index in [0.717, 1.165) is 24.3 Å². The number of fused-ring (bicyclic) bond motifs is 1. The van der Waals surface area contributed by atoms with E-state index >= 15 is 0 Å². The summed E-state index contributed by atoms with van der Waals surface area (Å²) in [5, 5.41) is 0. The van der Waals surface area contributed by atoms with Gasteiger partial charge in [0.05, 0.1) is 16.8 Å². The molecule has 0 amide bonds. The number of halogens is 4. The maximum absolute atomic E-state index is 12.7. The Morgan fingerprint density at radius 3 is 2.20 bits per heavy atom. The van der Waals surface area contributed by atoms with Crippen molar-refractivity contribution in [3.8, 4) is 0 Å². The highest BCUT2D eigenvalue weighted by Gasteiger charge is 2.30. The largest absolute Gasteiger partial charge is 0.416 e. The van der Waals surface area contributed by atoms with Gasteiger partial charge in [-0.15, -0.1) is 0 Å². The Morgan fingerprint density at radius 1 is 1.00 bits per heavy atom. The summed E-state index contributed by atoms with van der Waals surface area (Å²) in [6.07, 6.45) is -2.86. The Labute approximate surface area is 149 Å². The van der Waals surface area contributed by atoms with Crippen LogP contribution in [0.4, 0.5) is 13.2 Å². The zero-order valence-electron chi connectivity index (χ0n) is 12.9. The summed E-state index contributed by atoms with van der Waals surface area (Å²) in [5.74, 6) is -0.517. The standard InChI is InChI=1S/C18H11BrF3NO2/c1-10(24)12-6-7-23-15(8-12)14(19)9-16(23)17(25)11-2-4-13(5-3-11)18(20,21)22/h2-9H,1H3. The molecular weight excluding hydrogens is 399 g/mol. The lowest BCUT2D eigenvalue weighted by molar-refractivity contribution is -0.137. The molecule has 0 saturated heterocycles. The molecule has 0 N–H and O–H groups in total. The summed E-state index contributed by atoms with van der Waals surface area (Å²) in [6, 6.07) is 8.89. The van der Waals surface area contributed by atoms with Crippen LogP contribution in [0.5, 0.6) is 0 Å². The Bertz CT molecular complexity index is 988. The van der Waals surface area contributed by atoms with Crippen LogP contribution in [0.1, 0.15) is 38.9 Å². The van der Waals surface area contributed by atoms with Crippen LogP contribution >= 0.6 is 15.9 Å². The minimum Gasteiger partial charge on any atom is -0.312 e. The third kappa shape index (κ3) is 3.24. The molecule has 0 aliphatic heterocycles. The molecule has 0 radical (unpaired) electrons. The zero-order valence-corrected chi connectivity index (χ0v) is 14.5. The fraction of sp³-hybridized carbons (Fsp3) is 0.111. The number of nitrogens with zero attached hydrogens (tertiary/aromatic N) is 1. The molecule has 0 unspecified atom stereocenters. The topological polar surface area (TPSA) is 38.5 Å². The highest BCUT2D eigenvalue weighted by atomic mass is 79.9. The lowest BCUT2D eigenvalue weighted by Gasteiger charge is -2.07. The van der Waals surface area contributed by atoms with Crippen LogP contribution in [0.15, 0.2) is 53.1 Å². The number of alkyl halides is 3. The molecule has 3 aromatic rings. The molecule has 0 saturated carbocycles. The molecule has 7 heteroatoms. The first kappa shape index (κ1) is 17.4. The van der Waals surface area contributed by atoms with E-state index in [1.54, 1.807) is 28.8 Å². The van der Waals surface area contributed by atoms with Crippen LogP contribution in [0, 0.1) is 0 Å². The van der Waals surface area contributed by atoms with Crippen molar-refractivity contribution in [2.24, 2.45) is 0 Å². The van der Waals surface area contributed by atoms with Crippen LogP contribution in [-0.2, 0) is 6.18 Å². The summed E-state index contributed by atoms with van der Waals surface area (Å²) >= 11 is 3.35. The van der Waals surface area contributed by atoms with E-state index in [2.05, 4.69) is 15.9 Å². The maximum Gasteiger partial charge on any atom is 0.416 e. The van der Waals surface area contributed by atoms with Crippen molar-refractivity contribution in [1.29, 1.82) is 0 Å². The highest BCUT2D eigenvalue weighted by Crippen LogP contribution is 2.30. The third-order valence-electron chi connectivity index (χ3n) is 3.84. The number of rotatable bonds is 3. The second kappa shape index (κ2) is 6.15. The minimum absolute atomic E-state index is 0.105. The highest BCUT2D eigenvalue weighted by molar-refractivity contribution is 9.10. The molecular formula is C18H11BrF3NO2. The first-order valence-corrected chi connectivity index (χ1v) is 8.01. The van der Waals surface area contributed by atoms with Gasteiger partial charge in [-0.1, -0.05) is 12.1 Å². The number of carbonyl (C=O) groups is 2. The van der Waals surface area contributed by atoms with E-state index < -0.39 is 17.5 Å². The fourth-order valence-electron chi connectivity index (χ4n) is 2.51. The van der Waals surface area contributed by atoms with Gasteiger partial charge in [0.15, 0.2) is 5.78 Å². The van der Waals surface area contributed by atoms with E-state index in [4.69, 9.17) is 0 Å². The summed E-state index contributed by atoms with van der Waals surface area (Å²) in [4.78, 5) is 24.2. The lowest BCUT2D eigenvalue weighted by atomic mass is 10.1. The Morgan fingerprint density at radius 2 is 1.64 bits per heavy atom. The maximum atomic E-state index is 12.7. The van der Waals surface area contributed by atoms with Gasteiger partial charge in [-0.2, -0.15) is 13.2 Å². The summed E-state index contributed by atoms with van der Waals surface area (Å²) in [5.41, 5.74) is 0.756. The van der Waals surface area contributed by atoms with Crippen molar-refractivity contribution < 1.29 is 22.8 Å². The van der Waals surface area contributed by atoms with Gasteiger partial charge in [0.25, 0.3) is 0 Å². The predicted molar refractivity (Wildman–Crippen MR) is 90.0 cm³/mol. The molecule has 0 spiro atoms. The smallest absolute Gasteiger partial charge is 0.312 e. The molecule has 2 aromatic heterocycles. The summed E-state index contributed by atoms with van der Waals surface area (Å²) < 4.78 is 40.1. The average molecular weight is 410 g/mol. The van der Waals surface area contributed by atoms with Crippen molar-refractivity contribution in [3.63, 3.8) is 0 Å². The molecule has 0 aliphatic rings. The van der Waals surface area contributed by atoms with Crippen LogP contribution in [0.3, 0.4) is 0 Å². The van der Waals surface area contributed by atoms with Gasteiger partial charge in [0.1, 0.15) is 0 Å². The number of pyridine rings is 1. The Kier molecular flexibility index (Phi) is 4.28. The molecule has 0 bridgehead atoms. The first-order chi connectivity index (χ1) is 11.7. The SMILES string of the molecule is CC(=O)c1ccn2c(C(=O)c3ccc(C(F)(F)F)cc3)cc(Br)c2c1. The number of aromatic nitrogens is 1. The molecule has 25 heavy (non-hydrogen) atoms. The number of hydrogen-bond acceptors (Lipinski definition) is 2. The molecule has 128 valence electrons. The number of ketones is 2. The van der Waals surface area contributed by atoms with Crippen LogP contribution in [-0.4, -0.2) is 16.0 Å². The van der Waals surface area contributed by atoms with Crippen LogP contribution in [0.2, 0.25) is 0 Å². The van der Waals surface area contributed by atoms with Gasteiger partial charge in [0.2, 0.25) is 5.78 Å². The van der Waals surface area contributed by atoms with Gasteiger partial charge < -0.3 is 4.40 Å².